The zero-order chi connectivity index (χ0) is 21.3. The second-order valence-electron chi connectivity index (χ2n) is 9.22. The zero-order valence-electron chi connectivity index (χ0n) is 17.6. The van der Waals surface area contributed by atoms with Crippen molar-refractivity contribution in [3.63, 3.8) is 0 Å². The third-order valence-corrected chi connectivity index (χ3v) is 6.95. The Morgan fingerprint density at radius 2 is 2.06 bits per heavy atom. The van der Waals surface area contributed by atoms with E-state index < -0.39 is 5.60 Å². The number of anilines is 2. The topological polar surface area (TPSA) is 79.5 Å². The molecule has 0 saturated carbocycles. The largest absolute Gasteiger partial charge is 0.388 e. The van der Waals surface area contributed by atoms with Gasteiger partial charge in [0.05, 0.1) is 46.8 Å². The lowest BCUT2D eigenvalue weighted by molar-refractivity contribution is 0.0839. The summed E-state index contributed by atoms with van der Waals surface area (Å²) in [6.45, 7) is 6.73. The van der Waals surface area contributed by atoms with Crippen LogP contribution in [0.15, 0.2) is 24.4 Å². The standard InChI is InChI=1S/C22H25ClN6O2/c1-13-25-20(28-10-16-6-15(28)11-31-16)8-21(26-13)29-18-7-19(17(23)5-14(18)9-24-29)27-4-3-22(2,30)12-27/h5,7-9,15-16,30H,3-4,6,10-12H2,1-2H3/t15-,16-,22?/m1/s1. The molecule has 5 heterocycles. The molecule has 1 aromatic carbocycles. The highest BCUT2D eigenvalue weighted by Crippen LogP contribution is 2.36. The first-order valence-corrected chi connectivity index (χ1v) is 11.1. The Bertz CT molecular complexity index is 1180. The number of rotatable bonds is 3. The van der Waals surface area contributed by atoms with Crippen LogP contribution in [0.2, 0.25) is 5.02 Å². The van der Waals surface area contributed by atoms with Gasteiger partial charge in [0, 0.05) is 31.1 Å². The highest BCUT2D eigenvalue weighted by atomic mass is 35.5. The molecule has 3 aliphatic heterocycles. The van der Waals surface area contributed by atoms with Crippen LogP contribution in [0.3, 0.4) is 0 Å². The number of hydrogen-bond acceptors (Lipinski definition) is 7. The molecule has 3 fully saturated rings. The van der Waals surface area contributed by atoms with Crippen LogP contribution in [0, 0.1) is 6.92 Å². The summed E-state index contributed by atoms with van der Waals surface area (Å²) in [5.74, 6) is 2.37. The van der Waals surface area contributed by atoms with E-state index in [-0.39, 0.29) is 0 Å². The predicted molar refractivity (Wildman–Crippen MR) is 119 cm³/mol. The summed E-state index contributed by atoms with van der Waals surface area (Å²) in [6.07, 6.45) is 3.89. The molecule has 3 saturated heterocycles. The minimum atomic E-state index is -0.698. The van der Waals surface area contributed by atoms with Crippen LogP contribution >= 0.6 is 11.6 Å². The summed E-state index contributed by atoms with van der Waals surface area (Å²) in [7, 11) is 0. The fourth-order valence-corrected chi connectivity index (χ4v) is 5.37. The van der Waals surface area contributed by atoms with Crippen molar-refractivity contribution in [2.45, 2.75) is 44.4 Å². The Morgan fingerprint density at radius 1 is 1.23 bits per heavy atom. The van der Waals surface area contributed by atoms with Gasteiger partial charge in [-0.2, -0.15) is 5.10 Å². The number of morpholine rings is 1. The summed E-state index contributed by atoms with van der Waals surface area (Å²) in [5, 5.41) is 16.6. The van der Waals surface area contributed by atoms with Gasteiger partial charge in [0.2, 0.25) is 0 Å². The van der Waals surface area contributed by atoms with E-state index in [1.165, 1.54) is 0 Å². The molecule has 2 aromatic heterocycles. The third kappa shape index (κ3) is 3.24. The minimum Gasteiger partial charge on any atom is -0.388 e. The van der Waals surface area contributed by atoms with Crippen molar-refractivity contribution in [2.75, 3.05) is 36.0 Å². The summed E-state index contributed by atoms with van der Waals surface area (Å²) in [5.41, 5.74) is 1.14. The number of aryl methyl sites for hydroxylation is 1. The lowest BCUT2D eigenvalue weighted by atomic mass is 10.1. The van der Waals surface area contributed by atoms with Gasteiger partial charge in [-0.25, -0.2) is 14.6 Å². The van der Waals surface area contributed by atoms with Gasteiger partial charge in [0.1, 0.15) is 11.6 Å². The molecule has 3 aromatic rings. The molecule has 3 aliphatic rings. The maximum absolute atomic E-state index is 10.4. The normalized spacial score (nSPS) is 27.7. The molecular weight excluding hydrogens is 416 g/mol. The van der Waals surface area contributed by atoms with Crippen LogP contribution in [0.4, 0.5) is 11.5 Å². The molecular formula is C22H25ClN6O2. The Labute approximate surface area is 185 Å². The van der Waals surface area contributed by atoms with Gasteiger partial charge in [0.15, 0.2) is 5.82 Å². The van der Waals surface area contributed by atoms with Gasteiger partial charge in [-0.1, -0.05) is 11.6 Å². The summed E-state index contributed by atoms with van der Waals surface area (Å²) < 4.78 is 7.60. The zero-order valence-corrected chi connectivity index (χ0v) is 18.4. The second-order valence-corrected chi connectivity index (χ2v) is 9.62. The maximum Gasteiger partial charge on any atom is 0.159 e. The summed E-state index contributed by atoms with van der Waals surface area (Å²) in [4.78, 5) is 13.8. The molecule has 9 heteroatoms. The first-order chi connectivity index (χ1) is 14.9. The fraction of sp³-hybridized carbons (Fsp3) is 0.500. The molecule has 1 unspecified atom stereocenters. The number of β-amino-alcohol motifs (C(OH)–C–C–N with tert-alkyl or cyclic N) is 1. The van der Waals surface area contributed by atoms with Gasteiger partial charge >= 0.3 is 0 Å². The average Bonchev–Trinajstić information content (AvgIpc) is 3.50. The molecule has 162 valence electrons. The number of nitrogens with zero attached hydrogens (tertiary/aromatic N) is 6. The minimum absolute atomic E-state index is 0.302. The monoisotopic (exact) mass is 440 g/mol. The molecule has 0 spiro atoms. The molecule has 31 heavy (non-hydrogen) atoms. The molecule has 0 aliphatic carbocycles. The maximum atomic E-state index is 10.4. The number of ether oxygens (including phenoxy) is 1. The molecule has 0 radical (unpaired) electrons. The van der Waals surface area contributed by atoms with Crippen LogP contribution in [-0.2, 0) is 4.74 Å². The van der Waals surface area contributed by atoms with E-state index in [4.69, 9.17) is 21.3 Å². The van der Waals surface area contributed by atoms with Crippen LogP contribution in [-0.4, -0.2) is 68.8 Å². The van der Waals surface area contributed by atoms with Gasteiger partial charge in [-0.3, -0.25) is 0 Å². The Balaban J connectivity index is 1.41. The van der Waals surface area contributed by atoms with Crippen LogP contribution in [0.5, 0.6) is 0 Å². The first kappa shape index (κ1) is 19.3. The quantitative estimate of drug-likeness (QED) is 0.670. The highest BCUT2D eigenvalue weighted by molar-refractivity contribution is 6.34. The lowest BCUT2D eigenvalue weighted by Crippen LogP contribution is -2.37. The van der Waals surface area contributed by atoms with Gasteiger partial charge in [-0.05, 0) is 38.8 Å². The highest BCUT2D eigenvalue weighted by Gasteiger charge is 2.40. The summed E-state index contributed by atoms with van der Waals surface area (Å²) in [6, 6.07) is 6.38. The van der Waals surface area contributed by atoms with E-state index in [9.17, 15) is 5.11 Å². The molecule has 0 amide bonds. The Kier molecular flexibility index (Phi) is 4.22. The van der Waals surface area contributed by atoms with Gasteiger partial charge < -0.3 is 19.6 Å². The van der Waals surface area contributed by atoms with Crippen molar-refractivity contribution in [3.05, 3.63) is 35.2 Å². The molecule has 8 nitrogen and oxygen atoms in total. The number of hydrogen-bond donors (Lipinski definition) is 1. The van der Waals surface area contributed by atoms with Crippen LogP contribution in [0.25, 0.3) is 16.7 Å². The number of fused-ring (bicyclic) bond motifs is 3. The SMILES string of the molecule is Cc1nc(N2C[C@H]3C[C@@H]2CO3)cc(-n2ncc3cc(Cl)c(N4CCC(C)(O)C4)cc32)n1. The van der Waals surface area contributed by atoms with Crippen molar-refractivity contribution in [3.8, 4) is 5.82 Å². The van der Waals surface area contributed by atoms with Crippen molar-refractivity contribution >= 4 is 34.0 Å². The van der Waals surface area contributed by atoms with Crippen molar-refractivity contribution < 1.29 is 9.84 Å². The second kappa shape index (κ2) is 6.79. The fourth-order valence-electron chi connectivity index (χ4n) is 5.08. The number of halogens is 1. The predicted octanol–water partition coefficient (Wildman–Crippen LogP) is 2.72. The lowest BCUT2D eigenvalue weighted by Gasteiger charge is -2.28. The van der Waals surface area contributed by atoms with E-state index >= 15 is 0 Å². The Hall–Kier alpha value is -2.42. The third-order valence-electron chi connectivity index (χ3n) is 6.65. The van der Waals surface area contributed by atoms with E-state index in [1.807, 2.05) is 36.9 Å². The van der Waals surface area contributed by atoms with Gasteiger partial charge in [-0.15, -0.1) is 0 Å². The number of aromatic nitrogens is 4. The Morgan fingerprint density at radius 3 is 2.77 bits per heavy atom. The van der Waals surface area contributed by atoms with Crippen molar-refractivity contribution in [1.29, 1.82) is 0 Å². The smallest absolute Gasteiger partial charge is 0.159 e. The molecule has 1 N–H and O–H groups in total. The number of benzene rings is 1. The van der Waals surface area contributed by atoms with E-state index in [1.54, 1.807) is 0 Å². The molecule has 6 rings (SSSR count). The van der Waals surface area contributed by atoms with Crippen molar-refractivity contribution in [1.82, 2.24) is 19.7 Å². The van der Waals surface area contributed by atoms with Crippen molar-refractivity contribution in [2.24, 2.45) is 0 Å². The first-order valence-electron chi connectivity index (χ1n) is 10.8. The summed E-state index contributed by atoms with van der Waals surface area (Å²) >= 11 is 6.60. The van der Waals surface area contributed by atoms with E-state index in [2.05, 4.69) is 25.9 Å². The average molecular weight is 441 g/mol. The van der Waals surface area contributed by atoms with E-state index in [0.29, 0.717) is 29.5 Å². The van der Waals surface area contributed by atoms with Crippen LogP contribution in [0.1, 0.15) is 25.6 Å². The van der Waals surface area contributed by atoms with Gasteiger partial charge in [0.25, 0.3) is 0 Å². The molecule has 3 atom stereocenters. The van der Waals surface area contributed by atoms with E-state index in [0.717, 1.165) is 60.8 Å². The van der Waals surface area contributed by atoms with Crippen LogP contribution < -0.4 is 9.80 Å². The molecule has 2 bridgehead atoms. The number of aliphatic hydroxyl groups is 1.